The standard InChI is InChI=1S/C19H24ClN5O3/c1-2-6-25-17(21)16(18(27)22-19(25)28)15(26)12-23-7-9-24(10-8-23)14-5-3-4-13(20)11-14/h3-5,11H,2,6-10,12,21H2,1H3,(H,22,27,28). The van der Waals surface area contributed by atoms with Crippen LogP contribution >= 0.6 is 11.6 Å². The number of nitrogens with two attached hydrogens (primary N) is 1. The van der Waals surface area contributed by atoms with Gasteiger partial charge in [0, 0.05) is 43.4 Å². The molecule has 8 nitrogen and oxygen atoms in total. The zero-order chi connectivity index (χ0) is 20.3. The predicted molar refractivity (Wildman–Crippen MR) is 110 cm³/mol. The van der Waals surface area contributed by atoms with Crippen molar-refractivity contribution in [2.24, 2.45) is 0 Å². The molecule has 0 radical (unpaired) electrons. The molecular weight excluding hydrogens is 382 g/mol. The van der Waals surface area contributed by atoms with Crippen LogP contribution in [-0.2, 0) is 6.54 Å². The van der Waals surface area contributed by atoms with Crippen LogP contribution in [0.15, 0.2) is 33.9 Å². The number of rotatable bonds is 6. The fourth-order valence-electron chi connectivity index (χ4n) is 3.42. The number of nitrogen functional groups attached to an aromatic ring is 1. The lowest BCUT2D eigenvalue weighted by Gasteiger charge is -2.35. The molecule has 3 rings (SSSR count). The van der Waals surface area contributed by atoms with Gasteiger partial charge in [-0.2, -0.15) is 0 Å². The third-order valence-corrected chi connectivity index (χ3v) is 5.11. The average Bonchev–Trinajstić information content (AvgIpc) is 2.65. The summed E-state index contributed by atoms with van der Waals surface area (Å²) in [6.07, 6.45) is 0.662. The number of benzene rings is 1. The Kier molecular flexibility index (Phi) is 6.21. The van der Waals surface area contributed by atoms with Crippen LogP contribution in [0.4, 0.5) is 11.5 Å². The molecule has 0 spiro atoms. The molecular formula is C19H24ClN5O3. The number of piperazine rings is 1. The maximum Gasteiger partial charge on any atom is 0.329 e. The van der Waals surface area contributed by atoms with E-state index in [1.165, 1.54) is 4.57 Å². The number of H-pyrrole nitrogens is 1. The van der Waals surface area contributed by atoms with Gasteiger partial charge in [-0.1, -0.05) is 24.6 Å². The van der Waals surface area contributed by atoms with Crippen molar-refractivity contribution in [3.8, 4) is 0 Å². The molecule has 0 bridgehead atoms. The van der Waals surface area contributed by atoms with Crippen molar-refractivity contribution in [1.29, 1.82) is 0 Å². The van der Waals surface area contributed by atoms with Gasteiger partial charge < -0.3 is 10.6 Å². The largest absolute Gasteiger partial charge is 0.384 e. The van der Waals surface area contributed by atoms with Gasteiger partial charge in [-0.05, 0) is 24.6 Å². The van der Waals surface area contributed by atoms with Crippen molar-refractivity contribution in [1.82, 2.24) is 14.5 Å². The van der Waals surface area contributed by atoms with E-state index in [2.05, 4.69) is 9.88 Å². The molecule has 150 valence electrons. The maximum absolute atomic E-state index is 12.7. The van der Waals surface area contributed by atoms with E-state index < -0.39 is 11.2 Å². The number of carbonyl (C=O) groups is 1. The average molecular weight is 406 g/mol. The second-order valence-corrected chi connectivity index (χ2v) is 7.27. The molecule has 3 N–H and O–H groups in total. The molecule has 1 aromatic heterocycles. The number of carbonyl (C=O) groups excluding carboxylic acids is 1. The molecule has 0 saturated carbocycles. The zero-order valence-electron chi connectivity index (χ0n) is 15.8. The first-order valence-corrected chi connectivity index (χ1v) is 9.67. The minimum Gasteiger partial charge on any atom is -0.384 e. The minimum atomic E-state index is -0.725. The zero-order valence-corrected chi connectivity index (χ0v) is 16.5. The van der Waals surface area contributed by atoms with Gasteiger partial charge in [-0.15, -0.1) is 0 Å². The van der Waals surface area contributed by atoms with Crippen LogP contribution in [-0.4, -0.2) is 53.0 Å². The molecule has 1 aromatic carbocycles. The summed E-state index contributed by atoms with van der Waals surface area (Å²) < 4.78 is 1.24. The van der Waals surface area contributed by atoms with Crippen molar-refractivity contribution in [3.05, 3.63) is 55.7 Å². The van der Waals surface area contributed by atoms with Crippen molar-refractivity contribution in [3.63, 3.8) is 0 Å². The molecule has 1 aliphatic rings. The van der Waals surface area contributed by atoms with Crippen LogP contribution in [0, 0.1) is 0 Å². The van der Waals surface area contributed by atoms with Crippen LogP contribution in [0.5, 0.6) is 0 Å². The van der Waals surface area contributed by atoms with Gasteiger partial charge in [0.25, 0.3) is 5.56 Å². The second-order valence-electron chi connectivity index (χ2n) is 6.84. The smallest absolute Gasteiger partial charge is 0.329 e. The first-order chi connectivity index (χ1) is 13.4. The summed E-state index contributed by atoms with van der Waals surface area (Å²) >= 11 is 6.05. The van der Waals surface area contributed by atoms with Crippen molar-refractivity contribution >= 4 is 28.9 Å². The Bertz CT molecular complexity index is 976. The molecule has 9 heteroatoms. The van der Waals surface area contributed by atoms with Gasteiger partial charge in [0.1, 0.15) is 11.4 Å². The first-order valence-electron chi connectivity index (χ1n) is 9.29. The van der Waals surface area contributed by atoms with Crippen molar-refractivity contribution in [2.75, 3.05) is 43.4 Å². The van der Waals surface area contributed by atoms with Crippen molar-refractivity contribution in [2.45, 2.75) is 19.9 Å². The molecule has 28 heavy (non-hydrogen) atoms. The van der Waals surface area contributed by atoms with E-state index in [-0.39, 0.29) is 23.7 Å². The second kappa shape index (κ2) is 8.62. The van der Waals surface area contributed by atoms with Gasteiger partial charge in [-0.3, -0.25) is 24.0 Å². The predicted octanol–water partition coefficient (Wildman–Crippen LogP) is 1.19. The number of nitrogens with zero attached hydrogens (tertiary/aromatic N) is 3. The monoisotopic (exact) mass is 405 g/mol. The van der Waals surface area contributed by atoms with Gasteiger partial charge >= 0.3 is 5.69 Å². The highest BCUT2D eigenvalue weighted by Gasteiger charge is 2.24. The molecule has 0 unspecified atom stereocenters. The van der Waals surface area contributed by atoms with Gasteiger partial charge in [0.15, 0.2) is 5.78 Å². The summed E-state index contributed by atoms with van der Waals surface area (Å²) in [5, 5.41) is 0.687. The Hall–Kier alpha value is -2.58. The number of hydrogen-bond donors (Lipinski definition) is 2. The highest BCUT2D eigenvalue weighted by molar-refractivity contribution is 6.30. The maximum atomic E-state index is 12.7. The summed E-state index contributed by atoms with van der Waals surface area (Å²) in [6.45, 7) is 5.15. The lowest BCUT2D eigenvalue weighted by atomic mass is 10.1. The van der Waals surface area contributed by atoms with Crippen LogP contribution in [0.1, 0.15) is 23.7 Å². The molecule has 2 heterocycles. The van der Waals surface area contributed by atoms with Gasteiger partial charge in [0.05, 0.1) is 6.54 Å². The normalized spacial score (nSPS) is 15.0. The minimum absolute atomic E-state index is 0.0573. The van der Waals surface area contributed by atoms with E-state index >= 15 is 0 Å². The van der Waals surface area contributed by atoms with Crippen LogP contribution in [0.25, 0.3) is 0 Å². The van der Waals surface area contributed by atoms with E-state index in [0.717, 1.165) is 18.8 Å². The van der Waals surface area contributed by atoms with Crippen LogP contribution in [0.3, 0.4) is 0 Å². The number of anilines is 2. The number of hydrogen-bond acceptors (Lipinski definition) is 6. The topological polar surface area (TPSA) is 104 Å². The number of ketones is 1. The number of aromatic nitrogens is 2. The van der Waals surface area contributed by atoms with Crippen LogP contribution < -0.4 is 21.9 Å². The Morgan fingerprint density at radius 3 is 2.57 bits per heavy atom. The lowest BCUT2D eigenvalue weighted by molar-refractivity contribution is 0.0925. The summed E-state index contributed by atoms with van der Waals surface area (Å²) in [6, 6.07) is 7.66. The van der Waals surface area contributed by atoms with Gasteiger partial charge in [0.2, 0.25) is 0 Å². The molecule has 1 fully saturated rings. The summed E-state index contributed by atoms with van der Waals surface area (Å²) in [4.78, 5) is 43.2. The lowest BCUT2D eigenvalue weighted by Crippen LogP contribution is -2.48. The Morgan fingerprint density at radius 1 is 1.21 bits per heavy atom. The molecule has 2 aromatic rings. The highest BCUT2D eigenvalue weighted by atomic mass is 35.5. The van der Waals surface area contributed by atoms with Crippen molar-refractivity contribution < 1.29 is 4.79 Å². The Morgan fingerprint density at radius 2 is 1.93 bits per heavy atom. The van der Waals surface area contributed by atoms with Gasteiger partial charge in [-0.25, -0.2) is 4.79 Å². The molecule has 0 amide bonds. The number of aromatic amines is 1. The summed E-state index contributed by atoms with van der Waals surface area (Å²) in [5.74, 6) is -0.432. The fourth-order valence-corrected chi connectivity index (χ4v) is 3.61. The van der Waals surface area contributed by atoms with E-state index in [0.29, 0.717) is 31.1 Å². The summed E-state index contributed by atoms with van der Waals surface area (Å²) in [7, 11) is 0. The highest BCUT2D eigenvalue weighted by Crippen LogP contribution is 2.21. The third-order valence-electron chi connectivity index (χ3n) is 4.88. The summed E-state index contributed by atoms with van der Waals surface area (Å²) in [5.41, 5.74) is 5.57. The number of Topliss-reactive ketones (excluding diaryl/α,β-unsaturated/α-hetero) is 1. The van der Waals surface area contributed by atoms with Crippen LogP contribution in [0.2, 0.25) is 5.02 Å². The Balaban J connectivity index is 1.69. The number of nitrogens with one attached hydrogen (secondary N) is 1. The fraction of sp³-hybridized carbons (Fsp3) is 0.421. The molecule has 0 atom stereocenters. The van der Waals surface area contributed by atoms with E-state index in [4.69, 9.17) is 17.3 Å². The first kappa shape index (κ1) is 20.2. The van der Waals surface area contributed by atoms with E-state index in [1.54, 1.807) is 0 Å². The number of halogens is 1. The molecule has 1 saturated heterocycles. The van der Waals surface area contributed by atoms with E-state index in [9.17, 15) is 14.4 Å². The molecule has 1 aliphatic heterocycles. The molecule has 0 aliphatic carbocycles. The Labute approximate surface area is 167 Å². The quantitative estimate of drug-likeness (QED) is 0.699. The third kappa shape index (κ3) is 4.28. The SMILES string of the molecule is CCCn1c(N)c(C(=O)CN2CCN(c3cccc(Cl)c3)CC2)c(=O)[nH]c1=O. The van der Waals surface area contributed by atoms with E-state index in [1.807, 2.05) is 36.1 Å².